The SMILES string of the molecule is COCCOc1ccc(-c2csc3ccccc23)c(C)c1. The molecular weight excluding hydrogens is 280 g/mol. The minimum absolute atomic E-state index is 0.580. The summed E-state index contributed by atoms with van der Waals surface area (Å²) in [6.45, 7) is 3.32. The van der Waals surface area contributed by atoms with Crippen LogP contribution in [0.15, 0.2) is 47.8 Å². The van der Waals surface area contributed by atoms with E-state index in [9.17, 15) is 0 Å². The van der Waals surface area contributed by atoms with Crippen LogP contribution in [0, 0.1) is 6.92 Å². The smallest absolute Gasteiger partial charge is 0.119 e. The molecule has 3 rings (SSSR count). The van der Waals surface area contributed by atoms with E-state index in [-0.39, 0.29) is 0 Å². The van der Waals surface area contributed by atoms with E-state index in [2.05, 4.69) is 48.7 Å². The van der Waals surface area contributed by atoms with E-state index >= 15 is 0 Å². The maximum absolute atomic E-state index is 5.66. The third-order valence-electron chi connectivity index (χ3n) is 3.53. The maximum atomic E-state index is 5.66. The standard InChI is InChI=1S/C18H18O2S/c1-13-11-14(20-10-9-19-2)7-8-15(13)17-12-21-18-6-4-3-5-16(17)18/h3-8,11-12H,9-10H2,1-2H3. The van der Waals surface area contributed by atoms with Crippen molar-refractivity contribution in [2.45, 2.75) is 6.92 Å². The number of thiophene rings is 1. The largest absolute Gasteiger partial charge is 0.491 e. The van der Waals surface area contributed by atoms with Crippen molar-refractivity contribution in [1.82, 2.24) is 0 Å². The van der Waals surface area contributed by atoms with Gasteiger partial charge in [-0.2, -0.15) is 0 Å². The number of rotatable bonds is 5. The molecule has 3 heteroatoms. The molecule has 1 heterocycles. The molecule has 3 aromatic rings. The van der Waals surface area contributed by atoms with Gasteiger partial charge >= 0.3 is 0 Å². The van der Waals surface area contributed by atoms with Crippen LogP contribution in [0.1, 0.15) is 5.56 Å². The highest BCUT2D eigenvalue weighted by atomic mass is 32.1. The Hall–Kier alpha value is -1.84. The van der Waals surface area contributed by atoms with E-state index in [1.54, 1.807) is 18.4 Å². The van der Waals surface area contributed by atoms with Crippen molar-refractivity contribution >= 4 is 21.4 Å². The van der Waals surface area contributed by atoms with Gasteiger partial charge < -0.3 is 9.47 Å². The van der Waals surface area contributed by atoms with Crippen molar-refractivity contribution < 1.29 is 9.47 Å². The molecular formula is C18H18O2S. The average Bonchev–Trinajstić information content (AvgIpc) is 2.92. The molecule has 0 atom stereocenters. The normalized spacial score (nSPS) is 11.0. The van der Waals surface area contributed by atoms with Crippen LogP contribution < -0.4 is 4.74 Å². The van der Waals surface area contributed by atoms with Crippen LogP contribution in [0.5, 0.6) is 5.75 Å². The van der Waals surface area contributed by atoms with Crippen molar-refractivity contribution in [3.05, 3.63) is 53.4 Å². The maximum Gasteiger partial charge on any atom is 0.119 e. The fourth-order valence-corrected chi connectivity index (χ4v) is 3.42. The summed E-state index contributed by atoms with van der Waals surface area (Å²) in [5.41, 5.74) is 3.80. The number of fused-ring (bicyclic) bond motifs is 1. The monoisotopic (exact) mass is 298 g/mol. The van der Waals surface area contributed by atoms with E-state index in [4.69, 9.17) is 9.47 Å². The highest BCUT2D eigenvalue weighted by molar-refractivity contribution is 7.17. The second kappa shape index (κ2) is 6.29. The van der Waals surface area contributed by atoms with Gasteiger partial charge in [0.05, 0.1) is 6.61 Å². The number of hydrogen-bond acceptors (Lipinski definition) is 3. The van der Waals surface area contributed by atoms with Gasteiger partial charge in [-0.3, -0.25) is 0 Å². The number of ether oxygens (including phenoxy) is 2. The first-order chi connectivity index (χ1) is 10.3. The van der Waals surface area contributed by atoms with E-state index in [0.29, 0.717) is 13.2 Å². The summed E-state index contributed by atoms with van der Waals surface area (Å²) in [7, 11) is 1.68. The lowest BCUT2D eigenvalue weighted by Crippen LogP contribution is -2.04. The van der Waals surface area contributed by atoms with Crippen molar-refractivity contribution in [2.24, 2.45) is 0 Å². The molecule has 108 valence electrons. The van der Waals surface area contributed by atoms with Crippen LogP contribution >= 0.6 is 11.3 Å². The minimum Gasteiger partial charge on any atom is -0.491 e. The van der Waals surface area contributed by atoms with Gasteiger partial charge in [0.1, 0.15) is 12.4 Å². The van der Waals surface area contributed by atoms with Gasteiger partial charge in [-0.1, -0.05) is 24.3 Å². The fraction of sp³-hybridized carbons (Fsp3) is 0.222. The zero-order chi connectivity index (χ0) is 14.7. The van der Waals surface area contributed by atoms with Crippen LogP contribution in [0.25, 0.3) is 21.2 Å². The molecule has 0 bridgehead atoms. The highest BCUT2D eigenvalue weighted by Crippen LogP contribution is 2.36. The molecule has 0 saturated carbocycles. The number of aryl methyl sites for hydroxylation is 1. The van der Waals surface area contributed by atoms with Crippen molar-refractivity contribution in [3.8, 4) is 16.9 Å². The summed E-state index contributed by atoms with van der Waals surface area (Å²) in [5.74, 6) is 0.896. The van der Waals surface area contributed by atoms with Gasteiger partial charge in [0.25, 0.3) is 0 Å². The molecule has 2 aromatic carbocycles. The van der Waals surface area contributed by atoms with E-state index in [1.807, 2.05) is 6.07 Å². The van der Waals surface area contributed by atoms with Gasteiger partial charge in [-0.15, -0.1) is 11.3 Å². The fourth-order valence-electron chi connectivity index (χ4n) is 2.46. The van der Waals surface area contributed by atoms with Crippen LogP contribution in [-0.2, 0) is 4.74 Å². The van der Waals surface area contributed by atoms with Crippen molar-refractivity contribution in [3.63, 3.8) is 0 Å². The quantitative estimate of drug-likeness (QED) is 0.624. The highest BCUT2D eigenvalue weighted by Gasteiger charge is 2.09. The molecule has 0 aliphatic heterocycles. The molecule has 0 amide bonds. The molecule has 2 nitrogen and oxygen atoms in total. The van der Waals surface area contributed by atoms with Crippen molar-refractivity contribution in [2.75, 3.05) is 20.3 Å². The Labute approximate surface area is 128 Å². The van der Waals surface area contributed by atoms with Crippen LogP contribution in [0.2, 0.25) is 0 Å². The second-order valence-electron chi connectivity index (χ2n) is 4.96. The number of hydrogen-bond donors (Lipinski definition) is 0. The predicted octanol–water partition coefficient (Wildman–Crippen LogP) is 4.90. The molecule has 0 saturated heterocycles. The molecule has 0 N–H and O–H groups in total. The molecule has 0 aliphatic carbocycles. The van der Waals surface area contributed by atoms with Gasteiger partial charge in [0, 0.05) is 22.8 Å². The zero-order valence-electron chi connectivity index (χ0n) is 12.3. The van der Waals surface area contributed by atoms with Crippen LogP contribution in [0.4, 0.5) is 0 Å². The number of methoxy groups -OCH3 is 1. The zero-order valence-corrected chi connectivity index (χ0v) is 13.1. The third kappa shape index (κ3) is 2.94. The molecule has 1 aromatic heterocycles. The van der Waals surface area contributed by atoms with Gasteiger partial charge in [-0.05, 0) is 41.6 Å². The van der Waals surface area contributed by atoms with Gasteiger partial charge in [0.15, 0.2) is 0 Å². The Morgan fingerprint density at radius 3 is 2.67 bits per heavy atom. The first-order valence-electron chi connectivity index (χ1n) is 6.98. The second-order valence-corrected chi connectivity index (χ2v) is 5.87. The molecule has 21 heavy (non-hydrogen) atoms. The minimum atomic E-state index is 0.580. The number of benzene rings is 2. The van der Waals surface area contributed by atoms with Crippen LogP contribution in [0.3, 0.4) is 0 Å². The lowest BCUT2D eigenvalue weighted by atomic mass is 10.00. The Kier molecular flexibility index (Phi) is 4.23. The van der Waals surface area contributed by atoms with Gasteiger partial charge in [0.2, 0.25) is 0 Å². The Balaban J connectivity index is 1.92. The summed E-state index contributed by atoms with van der Waals surface area (Å²) in [6, 6.07) is 14.8. The summed E-state index contributed by atoms with van der Waals surface area (Å²) >= 11 is 1.79. The average molecular weight is 298 g/mol. The summed E-state index contributed by atoms with van der Waals surface area (Å²) in [4.78, 5) is 0. The Morgan fingerprint density at radius 1 is 1.00 bits per heavy atom. The molecule has 0 radical (unpaired) electrons. The van der Waals surface area contributed by atoms with Crippen molar-refractivity contribution in [1.29, 1.82) is 0 Å². The molecule has 0 aliphatic rings. The Bertz CT molecular complexity index is 746. The molecule has 0 spiro atoms. The third-order valence-corrected chi connectivity index (χ3v) is 4.49. The first-order valence-corrected chi connectivity index (χ1v) is 7.86. The molecule has 0 fully saturated rings. The summed E-state index contributed by atoms with van der Waals surface area (Å²) in [5, 5.41) is 3.55. The lowest BCUT2D eigenvalue weighted by Gasteiger charge is -2.10. The topological polar surface area (TPSA) is 18.5 Å². The lowest BCUT2D eigenvalue weighted by molar-refractivity contribution is 0.146. The first kappa shape index (κ1) is 14.1. The van der Waals surface area contributed by atoms with Crippen LogP contribution in [-0.4, -0.2) is 20.3 Å². The predicted molar refractivity (Wildman–Crippen MR) is 89.4 cm³/mol. The summed E-state index contributed by atoms with van der Waals surface area (Å²) in [6.07, 6.45) is 0. The van der Waals surface area contributed by atoms with E-state index in [1.165, 1.54) is 26.8 Å². The van der Waals surface area contributed by atoms with E-state index in [0.717, 1.165) is 5.75 Å². The van der Waals surface area contributed by atoms with Gasteiger partial charge in [-0.25, -0.2) is 0 Å². The van der Waals surface area contributed by atoms with E-state index < -0.39 is 0 Å². The molecule has 0 unspecified atom stereocenters. The summed E-state index contributed by atoms with van der Waals surface area (Å²) < 4.78 is 12.0. The Morgan fingerprint density at radius 2 is 1.86 bits per heavy atom.